The zero-order chi connectivity index (χ0) is 18.5. The minimum Gasteiger partial charge on any atom is -0.508 e. The summed E-state index contributed by atoms with van der Waals surface area (Å²) in [4.78, 5) is 12.4. The number of tetrazole rings is 1. The van der Waals surface area contributed by atoms with Crippen LogP contribution >= 0.6 is 11.8 Å². The summed E-state index contributed by atoms with van der Waals surface area (Å²) >= 11 is 1.20. The third kappa shape index (κ3) is 3.99. The first-order valence-corrected chi connectivity index (χ1v) is 8.50. The van der Waals surface area contributed by atoms with Crippen LogP contribution in [0.3, 0.4) is 0 Å². The summed E-state index contributed by atoms with van der Waals surface area (Å²) < 4.78 is 1.49. The zero-order valence-electron chi connectivity index (χ0n) is 13.7. The molecule has 1 atom stereocenters. The van der Waals surface area contributed by atoms with Crippen molar-refractivity contribution in [2.45, 2.75) is 17.3 Å². The summed E-state index contributed by atoms with van der Waals surface area (Å²) in [7, 11) is 0. The van der Waals surface area contributed by atoms with Crippen LogP contribution in [-0.4, -0.2) is 36.5 Å². The van der Waals surface area contributed by atoms with Gasteiger partial charge in [0.2, 0.25) is 11.1 Å². The summed E-state index contributed by atoms with van der Waals surface area (Å²) in [6.07, 6.45) is 0. The van der Waals surface area contributed by atoms with Crippen molar-refractivity contribution in [3.8, 4) is 17.5 Å². The smallest absolute Gasteiger partial charge is 0.237 e. The second-order valence-electron chi connectivity index (χ2n) is 5.33. The van der Waals surface area contributed by atoms with Gasteiger partial charge in [-0.1, -0.05) is 17.8 Å². The molecule has 1 heterocycles. The van der Waals surface area contributed by atoms with Gasteiger partial charge in [0.05, 0.1) is 22.6 Å². The normalized spacial score (nSPS) is 11.5. The van der Waals surface area contributed by atoms with Gasteiger partial charge in [-0.25, -0.2) is 0 Å². The van der Waals surface area contributed by atoms with Crippen LogP contribution in [0.1, 0.15) is 12.5 Å². The van der Waals surface area contributed by atoms with Crippen molar-refractivity contribution in [3.05, 3.63) is 54.1 Å². The Kier molecular flexibility index (Phi) is 5.15. The van der Waals surface area contributed by atoms with Crippen LogP contribution in [0.5, 0.6) is 5.75 Å². The highest BCUT2D eigenvalue weighted by atomic mass is 32.2. The molecule has 2 N–H and O–H groups in total. The number of hydrogen-bond donors (Lipinski definition) is 2. The number of aromatic hydroxyl groups is 1. The van der Waals surface area contributed by atoms with E-state index in [4.69, 9.17) is 5.26 Å². The number of thioether (sulfide) groups is 1. The predicted molar refractivity (Wildman–Crippen MR) is 95.9 cm³/mol. The van der Waals surface area contributed by atoms with Gasteiger partial charge in [0.25, 0.3) is 0 Å². The third-order valence-electron chi connectivity index (χ3n) is 3.45. The molecule has 9 heteroatoms. The van der Waals surface area contributed by atoms with Crippen LogP contribution in [-0.2, 0) is 4.79 Å². The second-order valence-corrected chi connectivity index (χ2v) is 6.64. The van der Waals surface area contributed by atoms with E-state index in [0.29, 0.717) is 22.1 Å². The summed E-state index contributed by atoms with van der Waals surface area (Å²) in [6, 6.07) is 15.1. The average Bonchev–Trinajstić information content (AvgIpc) is 3.10. The quantitative estimate of drug-likeness (QED) is 0.666. The molecule has 0 aliphatic rings. The molecular formula is C17H14N6O2S. The number of rotatable bonds is 5. The molecule has 0 unspecified atom stereocenters. The van der Waals surface area contributed by atoms with Crippen LogP contribution < -0.4 is 5.32 Å². The molecule has 0 radical (unpaired) electrons. The molecule has 8 nitrogen and oxygen atoms in total. The summed E-state index contributed by atoms with van der Waals surface area (Å²) in [5.41, 5.74) is 1.70. The summed E-state index contributed by atoms with van der Waals surface area (Å²) in [6.45, 7) is 1.74. The Bertz CT molecular complexity index is 964. The van der Waals surface area contributed by atoms with Crippen molar-refractivity contribution in [1.82, 2.24) is 20.2 Å². The lowest BCUT2D eigenvalue weighted by Gasteiger charge is -2.12. The lowest BCUT2D eigenvalue weighted by atomic mass is 10.2. The third-order valence-corrected chi connectivity index (χ3v) is 4.48. The van der Waals surface area contributed by atoms with Gasteiger partial charge in [-0.15, -0.1) is 5.10 Å². The molecule has 130 valence electrons. The van der Waals surface area contributed by atoms with E-state index in [1.54, 1.807) is 43.3 Å². The number of nitrogens with zero attached hydrogens (tertiary/aromatic N) is 5. The van der Waals surface area contributed by atoms with E-state index in [-0.39, 0.29) is 11.7 Å². The number of carbonyl (C=O) groups is 1. The molecule has 3 aromatic rings. The van der Waals surface area contributed by atoms with Gasteiger partial charge in [-0.3, -0.25) is 4.79 Å². The number of aromatic nitrogens is 4. The SMILES string of the molecule is C[C@@H](Sc1nnnn1-c1ccc(O)cc1)C(=O)Nc1cccc(C#N)c1. The predicted octanol–water partition coefficient (Wildman–Crippen LogP) is 2.36. The summed E-state index contributed by atoms with van der Waals surface area (Å²) in [5.74, 6) is -0.0891. The van der Waals surface area contributed by atoms with Gasteiger partial charge in [-0.2, -0.15) is 9.94 Å². The molecule has 3 rings (SSSR count). The van der Waals surface area contributed by atoms with E-state index in [2.05, 4.69) is 20.8 Å². The van der Waals surface area contributed by atoms with Gasteiger partial charge in [0.15, 0.2) is 0 Å². The van der Waals surface area contributed by atoms with Gasteiger partial charge in [-0.05, 0) is 59.8 Å². The van der Waals surface area contributed by atoms with Crippen LogP contribution in [0.15, 0.2) is 53.7 Å². The molecule has 26 heavy (non-hydrogen) atoms. The monoisotopic (exact) mass is 366 g/mol. The first kappa shape index (κ1) is 17.4. The fraction of sp³-hybridized carbons (Fsp3) is 0.118. The van der Waals surface area contributed by atoms with Gasteiger partial charge in [0.1, 0.15) is 5.75 Å². The fourth-order valence-corrected chi connectivity index (χ4v) is 2.94. The number of benzene rings is 2. The van der Waals surface area contributed by atoms with Crippen LogP contribution in [0.25, 0.3) is 5.69 Å². The standard InChI is InChI=1S/C17H14N6O2S/c1-11(16(25)19-13-4-2-3-12(9-13)10-18)26-17-20-21-22-23(17)14-5-7-15(24)8-6-14/h2-9,11,24H,1H3,(H,19,25)/t11-/m1/s1. The van der Waals surface area contributed by atoms with Crippen molar-refractivity contribution < 1.29 is 9.90 Å². The van der Waals surface area contributed by atoms with Crippen LogP contribution in [0.4, 0.5) is 5.69 Å². The maximum absolute atomic E-state index is 12.4. The van der Waals surface area contributed by atoms with Crippen molar-refractivity contribution in [1.29, 1.82) is 5.26 Å². The van der Waals surface area contributed by atoms with Crippen molar-refractivity contribution >= 4 is 23.4 Å². The number of phenolic OH excluding ortho intramolecular Hbond substituents is 1. The molecule has 1 amide bonds. The molecular weight excluding hydrogens is 352 g/mol. The molecule has 0 aliphatic carbocycles. The number of nitrogens with one attached hydrogen (secondary N) is 1. The highest BCUT2D eigenvalue weighted by Crippen LogP contribution is 2.24. The molecule has 0 saturated heterocycles. The highest BCUT2D eigenvalue weighted by molar-refractivity contribution is 8.00. The number of hydrogen-bond acceptors (Lipinski definition) is 7. The Morgan fingerprint density at radius 3 is 2.81 bits per heavy atom. The Labute approximate surface area is 153 Å². The van der Waals surface area contributed by atoms with E-state index in [9.17, 15) is 9.90 Å². The molecule has 1 aromatic heterocycles. The van der Waals surface area contributed by atoms with Crippen LogP contribution in [0, 0.1) is 11.3 Å². The first-order valence-electron chi connectivity index (χ1n) is 7.62. The average molecular weight is 366 g/mol. The highest BCUT2D eigenvalue weighted by Gasteiger charge is 2.19. The molecule has 0 spiro atoms. The fourth-order valence-electron chi connectivity index (χ4n) is 2.13. The summed E-state index contributed by atoms with van der Waals surface area (Å²) in [5, 5.41) is 32.6. The number of carbonyl (C=O) groups excluding carboxylic acids is 1. The maximum Gasteiger partial charge on any atom is 0.237 e. The van der Waals surface area contributed by atoms with Gasteiger partial charge >= 0.3 is 0 Å². The molecule has 0 aliphatic heterocycles. The van der Waals surface area contributed by atoms with E-state index >= 15 is 0 Å². The lowest BCUT2D eigenvalue weighted by Crippen LogP contribution is -2.23. The minimum absolute atomic E-state index is 0.142. The molecule has 0 fully saturated rings. The Hall–Kier alpha value is -3.38. The van der Waals surface area contributed by atoms with Crippen molar-refractivity contribution in [2.75, 3.05) is 5.32 Å². The Morgan fingerprint density at radius 1 is 1.31 bits per heavy atom. The second kappa shape index (κ2) is 7.67. The van der Waals surface area contributed by atoms with Gasteiger partial charge < -0.3 is 10.4 Å². The number of phenols is 1. The number of anilines is 1. The largest absolute Gasteiger partial charge is 0.508 e. The minimum atomic E-state index is -0.470. The molecule has 0 bridgehead atoms. The van der Waals surface area contributed by atoms with E-state index in [0.717, 1.165) is 0 Å². The molecule has 2 aromatic carbocycles. The van der Waals surface area contributed by atoms with E-state index in [1.165, 1.54) is 28.6 Å². The first-order chi connectivity index (χ1) is 12.6. The Morgan fingerprint density at radius 2 is 2.08 bits per heavy atom. The number of nitriles is 1. The van der Waals surface area contributed by atoms with E-state index in [1.807, 2.05) is 6.07 Å². The topological polar surface area (TPSA) is 117 Å². The molecule has 0 saturated carbocycles. The van der Waals surface area contributed by atoms with Crippen LogP contribution in [0.2, 0.25) is 0 Å². The van der Waals surface area contributed by atoms with Crippen molar-refractivity contribution in [3.63, 3.8) is 0 Å². The Balaban J connectivity index is 1.71. The van der Waals surface area contributed by atoms with E-state index < -0.39 is 5.25 Å². The lowest BCUT2D eigenvalue weighted by molar-refractivity contribution is -0.115. The number of amides is 1. The zero-order valence-corrected chi connectivity index (χ0v) is 14.5. The van der Waals surface area contributed by atoms with Gasteiger partial charge in [0, 0.05) is 5.69 Å². The van der Waals surface area contributed by atoms with Crippen molar-refractivity contribution in [2.24, 2.45) is 0 Å². The maximum atomic E-state index is 12.4.